The third kappa shape index (κ3) is 11.9. The topological polar surface area (TPSA) is 0 Å². The molecule has 0 saturated heterocycles. The highest BCUT2D eigenvalue weighted by Crippen LogP contribution is 1.83. The normalized spacial score (nSPS) is 9.75. The molecule has 0 saturated carbocycles. The van der Waals surface area contributed by atoms with Crippen molar-refractivity contribution in [2.24, 2.45) is 0 Å². The van der Waals surface area contributed by atoms with Gasteiger partial charge in [-0.05, 0) is 0 Å². The van der Waals surface area contributed by atoms with Crippen LogP contribution >= 0.6 is 22.2 Å². The summed E-state index contributed by atoms with van der Waals surface area (Å²) in [5.41, 5.74) is 0. The zero-order chi connectivity index (χ0) is 3.58. The summed E-state index contributed by atoms with van der Waals surface area (Å²) in [6, 6.07) is 0. The largest absolute Gasteiger partial charge is 0.214 e. The quantitative estimate of drug-likeness (QED) is 0.308. The molecule has 0 unspecified atom stereocenters. The van der Waals surface area contributed by atoms with Crippen LogP contribution in [0.3, 0.4) is 0 Å². The number of halogens is 2. The van der Waals surface area contributed by atoms with Gasteiger partial charge in [0.15, 0.2) is 0 Å². The Morgan fingerprint density at radius 2 is 1.50 bits per heavy atom. The second kappa shape index (κ2) is 2.26. The van der Waals surface area contributed by atoms with Gasteiger partial charge in [-0.2, -0.15) is 22.2 Å². The minimum Gasteiger partial charge on any atom is -0.155 e. The van der Waals surface area contributed by atoms with Gasteiger partial charge >= 0.3 is 0 Å². The Kier molecular flexibility index (Phi) is 2.84. The van der Waals surface area contributed by atoms with E-state index in [1.165, 1.54) is 0 Å². The van der Waals surface area contributed by atoms with E-state index in [1.807, 2.05) is 0 Å². The van der Waals surface area contributed by atoms with Crippen molar-refractivity contribution in [1.82, 2.24) is 0 Å². The molecular weight excluding hydrogens is 127 g/mol. The van der Waals surface area contributed by atoms with Crippen molar-refractivity contribution in [1.29, 1.82) is 0 Å². The molecule has 0 amide bonds. The van der Waals surface area contributed by atoms with Gasteiger partial charge in [-0.3, -0.25) is 0 Å². The molecule has 0 spiro atoms. The van der Waals surface area contributed by atoms with Crippen molar-refractivity contribution in [3.8, 4) is 0 Å². The van der Waals surface area contributed by atoms with Gasteiger partial charge in [-0.15, -0.1) is 0 Å². The summed E-state index contributed by atoms with van der Waals surface area (Å²) in [5.74, 6) is 0. The van der Waals surface area contributed by atoms with E-state index >= 15 is 0 Å². The third-order valence-corrected chi connectivity index (χ3v) is 0. The van der Waals surface area contributed by atoms with Crippen LogP contribution in [0.25, 0.3) is 0 Å². The standard InChI is InChI=1S/Cl2H4Si2/c1-4(2)3/h4H,3H3. The predicted octanol–water partition coefficient (Wildman–Crippen LogP) is -0.453. The summed E-state index contributed by atoms with van der Waals surface area (Å²) in [6.07, 6.45) is 0. The first-order chi connectivity index (χ1) is 1.73. The lowest BCUT2D eigenvalue weighted by atomic mass is 27.0. The van der Waals surface area contributed by atoms with Crippen LogP contribution in [0.2, 0.25) is 0 Å². The molecule has 4 heavy (non-hydrogen) atoms. The fourth-order valence-corrected chi connectivity index (χ4v) is 0. The lowest BCUT2D eigenvalue weighted by Gasteiger charge is -1.68. The van der Waals surface area contributed by atoms with E-state index in [0.717, 1.165) is 9.76 Å². The first-order valence-electron chi connectivity index (χ1n) is 1.01. The molecule has 0 nitrogen and oxygen atoms in total. The van der Waals surface area contributed by atoms with Crippen LogP contribution in [0.15, 0.2) is 0 Å². The van der Waals surface area contributed by atoms with Gasteiger partial charge in [-0.25, -0.2) is 0 Å². The van der Waals surface area contributed by atoms with E-state index in [-0.39, 0.29) is 0 Å². The van der Waals surface area contributed by atoms with Gasteiger partial charge in [0.2, 0.25) is 6.93 Å². The molecule has 0 aliphatic rings. The minimum absolute atomic E-state index is 1.02. The molecular formula is H4Cl2Si2. The Hall–Kier alpha value is 1.01. The Balaban J connectivity index is 2.32. The molecule has 0 atom stereocenters. The van der Waals surface area contributed by atoms with Gasteiger partial charge in [0.25, 0.3) is 0 Å². The Morgan fingerprint density at radius 1 is 1.50 bits per heavy atom. The van der Waals surface area contributed by atoms with Gasteiger partial charge in [0, 0.05) is 9.76 Å². The highest BCUT2D eigenvalue weighted by Gasteiger charge is 1.80. The van der Waals surface area contributed by atoms with E-state index in [9.17, 15) is 0 Å². The average molecular weight is 131 g/mol. The van der Waals surface area contributed by atoms with Crippen molar-refractivity contribution in [3.05, 3.63) is 0 Å². The van der Waals surface area contributed by atoms with Crippen molar-refractivity contribution in [3.63, 3.8) is 0 Å². The molecule has 0 N–H and O–H groups in total. The zero-order valence-corrected chi connectivity index (χ0v) is 7.00. The number of rotatable bonds is 0. The fourth-order valence-electron chi connectivity index (χ4n) is 0. The maximum atomic E-state index is 5.24. The first kappa shape index (κ1) is 5.01. The monoisotopic (exact) mass is 130 g/mol. The van der Waals surface area contributed by atoms with Crippen LogP contribution in [-0.4, -0.2) is 16.7 Å². The molecule has 0 rings (SSSR count). The third-order valence-electron chi connectivity index (χ3n) is 0. The average Bonchev–Trinajstić information content (AvgIpc) is 0.811. The second-order valence-corrected chi connectivity index (χ2v) is 14.0. The van der Waals surface area contributed by atoms with Gasteiger partial charge < -0.3 is 0 Å². The lowest BCUT2D eigenvalue weighted by Crippen LogP contribution is -1.85. The highest BCUT2D eigenvalue weighted by molar-refractivity contribution is 7.52. The molecule has 0 bridgehead atoms. The zero-order valence-electron chi connectivity index (χ0n) is 2.33. The summed E-state index contributed by atoms with van der Waals surface area (Å²) in [7, 11) is 1.02. The molecule has 0 aromatic carbocycles. The van der Waals surface area contributed by atoms with Crippen LogP contribution < -0.4 is 0 Å². The van der Waals surface area contributed by atoms with E-state index in [1.54, 1.807) is 0 Å². The van der Waals surface area contributed by atoms with Crippen molar-refractivity contribution in [2.75, 3.05) is 0 Å². The SMILES string of the molecule is [SiH3][SiH](Cl)Cl. The van der Waals surface area contributed by atoms with E-state index in [0.29, 0.717) is 0 Å². The van der Waals surface area contributed by atoms with Crippen molar-refractivity contribution < 1.29 is 0 Å². The fraction of sp³-hybridized carbons (Fsp3) is 0. The Bertz CT molecular complexity index is 8.75. The molecule has 0 aliphatic heterocycles. The smallest absolute Gasteiger partial charge is 0.155 e. The summed E-state index contributed by atoms with van der Waals surface area (Å²) in [4.78, 5) is 0. The van der Waals surface area contributed by atoms with Crippen molar-refractivity contribution >= 4 is 38.9 Å². The first-order valence-corrected chi connectivity index (χ1v) is 9.12. The van der Waals surface area contributed by atoms with Gasteiger partial charge in [-0.1, -0.05) is 0 Å². The van der Waals surface area contributed by atoms with E-state index < -0.39 is 6.93 Å². The predicted molar refractivity (Wildman–Crippen MR) is 28.8 cm³/mol. The summed E-state index contributed by atoms with van der Waals surface area (Å²) in [5, 5.41) is 0. The maximum absolute atomic E-state index is 5.24. The summed E-state index contributed by atoms with van der Waals surface area (Å²) >= 11 is 10.5. The van der Waals surface area contributed by atoms with Crippen LogP contribution in [0.4, 0.5) is 0 Å². The van der Waals surface area contributed by atoms with Crippen LogP contribution in [0.5, 0.6) is 0 Å². The summed E-state index contributed by atoms with van der Waals surface area (Å²) in [6.45, 7) is -1.06. The number of hydrogen-bond donors (Lipinski definition) is 0. The highest BCUT2D eigenvalue weighted by atomic mass is 35.7. The second-order valence-electron chi connectivity index (χ2n) is 0.519. The molecule has 0 fully saturated rings. The minimum atomic E-state index is -1.06. The molecule has 0 aromatic rings. The van der Waals surface area contributed by atoms with Crippen LogP contribution in [-0.2, 0) is 0 Å². The molecule has 0 aliphatic carbocycles. The Labute approximate surface area is 39.3 Å². The van der Waals surface area contributed by atoms with Crippen LogP contribution in [0.1, 0.15) is 0 Å². The van der Waals surface area contributed by atoms with E-state index in [2.05, 4.69) is 0 Å². The number of hydrogen-bond acceptors (Lipinski definition) is 0. The van der Waals surface area contributed by atoms with Gasteiger partial charge in [0.05, 0.1) is 0 Å². The van der Waals surface area contributed by atoms with Crippen molar-refractivity contribution in [2.45, 2.75) is 0 Å². The van der Waals surface area contributed by atoms with Crippen LogP contribution in [0, 0.1) is 0 Å². The lowest BCUT2D eigenvalue weighted by molar-refractivity contribution is 4.05. The molecule has 0 aromatic heterocycles. The molecule has 0 radical (unpaired) electrons. The van der Waals surface area contributed by atoms with E-state index in [4.69, 9.17) is 22.2 Å². The molecule has 4 heteroatoms. The maximum Gasteiger partial charge on any atom is 0.214 e. The van der Waals surface area contributed by atoms with Gasteiger partial charge in [0.1, 0.15) is 0 Å². The Morgan fingerprint density at radius 3 is 1.50 bits per heavy atom. The molecule has 26 valence electrons. The summed E-state index contributed by atoms with van der Waals surface area (Å²) < 4.78 is 0. The molecule has 0 heterocycles.